The number of hydrogen-bond donors (Lipinski definition) is 0. The summed E-state index contributed by atoms with van der Waals surface area (Å²) >= 11 is 0. The Morgan fingerprint density at radius 1 is 0.317 bits per heavy atom. The Morgan fingerprint density at radius 3 is 1.32 bits per heavy atom. The van der Waals surface area contributed by atoms with E-state index in [0.29, 0.717) is 0 Å². The van der Waals surface area contributed by atoms with Crippen LogP contribution < -0.4 is 9.80 Å². The van der Waals surface area contributed by atoms with E-state index in [1.165, 1.54) is 21.5 Å². The lowest BCUT2D eigenvalue weighted by atomic mass is 9.97. The van der Waals surface area contributed by atoms with Crippen LogP contribution in [0.2, 0.25) is 0 Å². The molecular weight excluding hydrogens is 765 g/mol. The van der Waals surface area contributed by atoms with Gasteiger partial charge in [0.25, 0.3) is 0 Å². The highest BCUT2D eigenvalue weighted by molar-refractivity contribution is 6.25. The number of imidazole rings is 1. The topological polar surface area (TPSA) is 24.3 Å². The van der Waals surface area contributed by atoms with Gasteiger partial charge in [-0.3, -0.25) is 4.57 Å². The Kier molecular flexibility index (Phi) is 8.79. The molecule has 63 heavy (non-hydrogen) atoms. The largest absolute Gasteiger partial charge is 0.310 e. The molecule has 12 aromatic rings. The van der Waals surface area contributed by atoms with Crippen LogP contribution in [0.3, 0.4) is 0 Å². The first-order chi connectivity index (χ1) is 31.3. The third kappa shape index (κ3) is 6.19. The van der Waals surface area contributed by atoms with Crippen LogP contribution in [0, 0.1) is 0 Å². The average molecular weight is 805 g/mol. The third-order valence-corrected chi connectivity index (χ3v) is 12.3. The molecule has 4 heteroatoms. The summed E-state index contributed by atoms with van der Waals surface area (Å²) in [4.78, 5) is 10.5. The molecule has 0 saturated heterocycles. The number of anilines is 6. The summed E-state index contributed by atoms with van der Waals surface area (Å²) in [5.74, 6) is 0.893. The number of aromatic nitrogens is 2. The highest BCUT2D eigenvalue weighted by Gasteiger charge is 2.24. The standard InChI is InChI=1S/C59H40N4/c1-5-21-43(22-6-1)59-60-57-53-39-47(61(44-25-7-2-8-26-44)55-33-17-23-41-19-13-15-31-49(41)55)35-37-51(53)52-38-36-48(40-54(52)58(57)63(59)46-29-11-4-12-30-46)62(45-27-9-3-10-28-45)56-34-18-24-42-20-14-16-32-50(42)56/h1-40H. The molecule has 0 atom stereocenters. The number of fused-ring (bicyclic) bond motifs is 8. The van der Waals surface area contributed by atoms with Gasteiger partial charge in [-0.05, 0) is 94.3 Å². The fourth-order valence-corrected chi connectivity index (χ4v) is 9.49. The molecule has 12 rings (SSSR count). The van der Waals surface area contributed by atoms with Crippen LogP contribution in [0.4, 0.5) is 34.1 Å². The predicted molar refractivity (Wildman–Crippen MR) is 266 cm³/mol. The van der Waals surface area contributed by atoms with Gasteiger partial charge in [0.05, 0.1) is 22.4 Å². The van der Waals surface area contributed by atoms with Crippen molar-refractivity contribution in [2.75, 3.05) is 9.80 Å². The lowest BCUT2D eigenvalue weighted by Crippen LogP contribution is -2.11. The van der Waals surface area contributed by atoms with Gasteiger partial charge in [0.1, 0.15) is 5.82 Å². The summed E-state index contributed by atoms with van der Waals surface area (Å²) in [7, 11) is 0. The fraction of sp³-hybridized carbons (Fsp3) is 0. The smallest absolute Gasteiger partial charge is 0.145 e. The van der Waals surface area contributed by atoms with Crippen molar-refractivity contribution in [2.45, 2.75) is 0 Å². The van der Waals surface area contributed by atoms with Crippen molar-refractivity contribution in [3.63, 3.8) is 0 Å². The Hall–Kier alpha value is -8.47. The molecule has 0 N–H and O–H groups in total. The van der Waals surface area contributed by atoms with Crippen molar-refractivity contribution in [3.8, 4) is 17.1 Å². The van der Waals surface area contributed by atoms with Crippen molar-refractivity contribution < 1.29 is 0 Å². The number of para-hydroxylation sites is 3. The van der Waals surface area contributed by atoms with Crippen LogP contribution in [0.5, 0.6) is 0 Å². The first kappa shape index (κ1) is 36.4. The highest BCUT2D eigenvalue weighted by Crippen LogP contribution is 2.46. The molecule has 1 aromatic heterocycles. The van der Waals surface area contributed by atoms with Crippen molar-refractivity contribution in [2.24, 2.45) is 0 Å². The lowest BCUT2D eigenvalue weighted by Gasteiger charge is -2.28. The highest BCUT2D eigenvalue weighted by atomic mass is 15.2. The first-order valence-corrected chi connectivity index (χ1v) is 21.5. The maximum absolute atomic E-state index is 5.70. The molecule has 0 aliphatic heterocycles. The van der Waals surface area contributed by atoms with E-state index >= 15 is 0 Å². The molecular formula is C59H40N4. The van der Waals surface area contributed by atoms with Crippen molar-refractivity contribution in [1.29, 1.82) is 0 Å². The molecule has 4 nitrogen and oxygen atoms in total. The van der Waals surface area contributed by atoms with Crippen molar-refractivity contribution in [1.82, 2.24) is 9.55 Å². The Balaban J connectivity index is 1.19. The SMILES string of the molecule is c1ccc(-c2nc3c4cc(N(c5ccccc5)c5cccc6ccccc56)ccc4c4ccc(N(c5ccccc5)c5cccc6ccccc56)cc4c3n2-c2ccccc2)cc1. The monoisotopic (exact) mass is 804 g/mol. The third-order valence-electron chi connectivity index (χ3n) is 12.3. The quantitative estimate of drug-likeness (QED) is 0.143. The molecule has 11 aromatic carbocycles. The zero-order chi connectivity index (χ0) is 41.7. The maximum atomic E-state index is 5.70. The first-order valence-electron chi connectivity index (χ1n) is 21.5. The van der Waals surface area contributed by atoms with Crippen LogP contribution in [0.25, 0.3) is 71.2 Å². The average Bonchev–Trinajstić information content (AvgIpc) is 3.77. The summed E-state index contributed by atoms with van der Waals surface area (Å²) in [6.45, 7) is 0. The molecule has 296 valence electrons. The Labute approximate surface area is 365 Å². The molecule has 0 aliphatic rings. The van der Waals surface area contributed by atoms with Gasteiger partial charge >= 0.3 is 0 Å². The van der Waals surface area contributed by atoms with E-state index in [1.54, 1.807) is 0 Å². The van der Waals surface area contributed by atoms with Gasteiger partial charge in [-0.1, -0.05) is 170 Å². The minimum Gasteiger partial charge on any atom is -0.310 e. The molecule has 0 spiro atoms. The van der Waals surface area contributed by atoms with E-state index in [1.807, 2.05) is 0 Å². The van der Waals surface area contributed by atoms with Crippen LogP contribution in [0.1, 0.15) is 0 Å². The summed E-state index contributed by atoms with van der Waals surface area (Å²) < 4.78 is 2.37. The molecule has 0 bridgehead atoms. The Morgan fingerprint density at radius 2 is 0.762 bits per heavy atom. The van der Waals surface area contributed by atoms with E-state index in [9.17, 15) is 0 Å². The zero-order valence-electron chi connectivity index (χ0n) is 34.4. The minimum atomic E-state index is 0.893. The second-order valence-electron chi connectivity index (χ2n) is 16.0. The van der Waals surface area contributed by atoms with E-state index in [2.05, 4.69) is 257 Å². The van der Waals surface area contributed by atoms with Crippen LogP contribution >= 0.6 is 0 Å². The van der Waals surface area contributed by atoms with Gasteiger partial charge in [0, 0.05) is 55.5 Å². The zero-order valence-corrected chi connectivity index (χ0v) is 34.4. The second kappa shape index (κ2) is 15.2. The summed E-state index contributed by atoms with van der Waals surface area (Å²) in [5, 5.41) is 9.29. The van der Waals surface area contributed by atoms with E-state index < -0.39 is 0 Å². The van der Waals surface area contributed by atoms with Gasteiger partial charge < -0.3 is 9.80 Å². The predicted octanol–water partition coefficient (Wildman–Crippen LogP) is 16.2. The van der Waals surface area contributed by atoms with Crippen LogP contribution in [0.15, 0.2) is 243 Å². The van der Waals surface area contributed by atoms with E-state index in [4.69, 9.17) is 4.98 Å². The van der Waals surface area contributed by atoms with Gasteiger partial charge in [0.2, 0.25) is 0 Å². The molecule has 0 aliphatic carbocycles. The number of benzene rings is 11. The van der Waals surface area contributed by atoms with Gasteiger partial charge in [-0.15, -0.1) is 0 Å². The van der Waals surface area contributed by atoms with Crippen molar-refractivity contribution >= 4 is 88.2 Å². The minimum absolute atomic E-state index is 0.893. The molecule has 0 amide bonds. The molecule has 1 heterocycles. The summed E-state index contributed by atoms with van der Waals surface area (Å²) in [5.41, 5.74) is 10.7. The fourth-order valence-electron chi connectivity index (χ4n) is 9.49. The lowest BCUT2D eigenvalue weighted by molar-refractivity contribution is 1.11. The van der Waals surface area contributed by atoms with Crippen molar-refractivity contribution in [3.05, 3.63) is 243 Å². The Bertz CT molecular complexity index is 3610. The molecule has 0 saturated carbocycles. The number of rotatable bonds is 8. The summed E-state index contributed by atoms with van der Waals surface area (Å²) in [6, 6.07) is 87.0. The second-order valence-corrected chi connectivity index (χ2v) is 16.0. The van der Waals surface area contributed by atoms with E-state index in [-0.39, 0.29) is 0 Å². The van der Waals surface area contributed by atoms with Gasteiger partial charge in [0.15, 0.2) is 0 Å². The van der Waals surface area contributed by atoms with Gasteiger partial charge in [-0.2, -0.15) is 0 Å². The number of hydrogen-bond acceptors (Lipinski definition) is 3. The molecule has 0 unspecified atom stereocenters. The molecule has 0 fully saturated rings. The van der Waals surface area contributed by atoms with Crippen LogP contribution in [-0.4, -0.2) is 9.55 Å². The summed E-state index contributed by atoms with van der Waals surface area (Å²) in [6.07, 6.45) is 0. The maximum Gasteiger partial charge on any atom is 0.145 e. The number of nitrogens with zero attached hydrogens (tertiary/aromatic N) is 4. The van der Waals surface area contributed by atoms with E-state index in [0.717, 1.165) is 83.8 Å². The normalized spacial score (nSPS) is 11.5. The van der Waals surface area contributed by atoms with Gasteiger partial charge in [-0.25, -0.2) is 4.98 Å². The molecule has 0 radical (unpaired) electrons. The van der Waals surface area contributed by atoms with Crippen LogP contribution in [-0.2, 0) is 0 Å².